The molecule has 0 saturated heterocycles. The molecule has 0 atom stereocenters. The SMILES string of the molecule is N=C(/C(=C1\NC(c2ccccc2)=Cc2ccccc21)c1ccccc1)c1c2ccccc2cc2ccccc12. The molecule has 0 bridgehead atoms. The molecule has 2 heteroatoms. The minimum absolute atomic E-state index is 0.501. The van der Waals surface area contributed by atoms with Crippen LogP contribution in [0.1, 0.15) is 27.8 Å². The van der Waals surface area contributed by atoms with E-state index >= 15 is 0 Å². The number of benzene rings is 6. The summed E-state index contributed by atoms with van der Waals surface area (Å²) in [6, 6.07) is 48.2. The molecule has 0 radical (unpaired) electrons. The second kappa shape index (κ2) is 9.59. The summed E-state index contributed by atoms with van der Waals surface area (Å²) in [6.07, 6.45) is 2.20. The lowest BCUT2D eigenvalue weighted by Crippen LogP contribution is -2.20. The van der Waals surface area contributed by atoms with Crippen molar-refractivity contribution in [2.45, 2.75) is 0 Å². The maximum Gasteiger partial charge on any atom is 0.0724 e. The maximum atomic E-state index is 9.92. The second-order valence-electron chi connectivity index (χ2n) is 9.82. The Labute approximate surface area is 228 Å². The molecule has 0 spiro atoms. The van der Waals surface area contributed by atoms with Crippen molar-refractivity contribution in [3.63, 3.8) is 0 Å². The molecule has 6 aromatic rings. The number of nitrogens with one attached hydrogen (secondary N) is 2. The van der Waals surface area contributed by atoms with Crippen molar-refractivity contribution >= 4 is 50.3 Å². The van der Waals surface area contributed by atoms with E-state index in [9.17, 15) is 5.41 Å². The average Bonchev–Trinajstić information content (AvgIpc) is 3.00. The molecule has 1 aliphatic heterocycles. The molecule has 184 valence electrons. The zero-order valence-electron chi connectivity index (χ0n) is 21.4. The van der Waals surface area contributed by atoms with Crippen molar-refractivity contribution in [2.75, 3.05) is 0 Å². The van der Waals surface area contributed by atoms with Crippen molar-refractivity contribution in [3.8, 4) is 0 Å². The normalized spacial score (nSPS) is 13.9. The van der Waals surface area contributed by atoms with Gasteiger partial charge in [0.2, 0.25) is 0 Å². The predicted octanol–water partition coefficient (Wildman–Crippen LogP) is 9.03. The van der Waals surface area contributed by atoms with Crippen LogP contribution < -0.4 is 5.32 Å². The minimum atomic E-state index is 0.501. The Balaban J connectivity index is 1.55. The fraction of sp³-hybridized carbons (Fsp3) is 0. The van der Waals surface area contributed by atoms with Crippen LogP contribution in [0.25, 0.3) is 44.6 Å². The molecule has 2 nitrogen and oxygen atoms in total. The maximum absolute atomic E-state index is 9.92. The summed E-state index contributed by atoms with van der Waals surface area (Å²) in [5.74, 6) is 0. The molecule has 1 heterocycles. The second-order valence-corrected chi connectivity index (χ2v) is 9.82. The molecule has 0 saturated carbocycles. The van der Waals surface area contributed by atoms with Gasteiger partial charge in [0.05, 0.1) is 11.4 Å². The zero-order valence-corrected chi connectivity index (χ0v) is 21.4. The lowest BCUT2D eigenvalue weighted by molar-refractivity contribution is 1.22. The first-order chi connectivity index (χ1) is 19.3. The first-order valence-electron chi connectivity index (χ1n) is 13.2. The first-order valence-corrected chi connectivity index (χ1v) is 13.2. The number of hydrogen-bond donors (Lipinski definition) is 2. The average molecular weight is 499 g/mol. The van der Waals surface area contributed by atoms with Gasteiger partial charge in [-0.2, -0.15) is 0 Å². The Morgan fingerprint density at radius 2 is 1.13 bits per heavy atom. The van der Waals surface area contributed by atoms with Gasteiger partial charge < -0.3 is 5.32 Å². The highest BCUT2D eigenvalue weighted by Gasteiger charge is 2.25. The summed E-state index contributed by atoms with van der Waals surface area (Å²) >= 11 is 0. The number of rotatable bonds is 4. The van der Waals surface area contributed by atoms with Crippen LogP contribution in [-0.2, 0) is 0 Å². The number of hydrogen-bond acceptors (Lipinski definition) is 2. The van der Waals surface area contributed by atoms with Crippen LogP contribution in [0.2, 0.25) is 0 Å². The molecule has 0 unspecified atom stereocenters. The molecule has 0 aliphatic carbocycles. The smallest absolute Gasteiger partial charge is 0.0724 e. The van der Waals surface area contributed by atoms with Crippen molar-refractivity contribution in [3.05, 3.63) is 167 Å². The summed E-state index contributed by atoms with van der Waals surface area (Å²) in [4.78, 5) is 0. The highest BCUT2D eigenvalue weighted by molar-refractivity contribution is 6.41. The Morgan fingerprint density at radius 3 is 1.82 bits per heavy atom. The van der Waals surface area contributed by atoms with Gasteiger partial charge in [-0.15, -0.1) is 0 Å². The van der Waals surface area contributed by atoms with Crippen LogP contribution in [0.3, 0.4) is 0 Å². The molecule has 39 heavy (non-hydrogen) atoms. The highest BCUT2D eigenvalue weighted by atomic mass is 14.9. The lowest BCUT2D eigenvalue weighted by atomic mass is 9.85. The van der Waals surface area contributed by atoms with Crippen LogP contribution in [0.15, 0.2) is 140 Å². The standard InChI is InChI=1S/C37H26N2/c38-36(35-30-20-10-7-17-27(30)23-28-18-8-11-21-31(28)35)34(26-15-5-2-6-16-26)37-32-22-12-9-19-29(32)24-33(39-37)25-13-3-1-4-14-25/h1-24,38-39H/b37-34-,38-36?. The summed E-state index contributed by atoms with van der Waals surface area (Å²) in [7, 11) is 0. The van der Waals surface area contributed by atoms with Crippen LogP contribution in [-0.4, -0.2) is 5.71 Å². The third-order valence-electron chi connectivity index (χ3n) is 7.46. The monoisotopic (exact) mass is 498 g/mol. The molecule has 6 aromatic carbocycles. The van der Waals surface area contributed by atoms with E-state index in [0.717, 1.165) is 66.3 Å². The molecular weight excluding hydrogens is 472 g/mol. The minimum Gasteiger partial charge on any atom is -0.354 e. The van der Waals surface area contributed by atoms with Gasteiger partial charge >= 0.3 is 0 Å². The van der Waals surface area contributed by atoms with Gasteiger partial charge in [0.15, 0.2) is 0 Å². The van der Waals surface area contributed by atoms with Crippen LogP contribution in [0.5, 0.6) is 0 Å². The van der Waals surface area contributed by atoms with E-state index in [1.54, 1.807) is 0 Å². The van der Waals surface area contributed by atoms with Crippen LogP contribution in [0.4, 0.5) is 0 Å². The van der Waals surface area contributed by atoms with Gasteiger partial charge in [-0.25, -0.2) is 0 Å². The van der Waals surface area contributed by atoms with E-state index in [1.165, 1.54) is 0 Å². The fourth-order valence-corrected chi connectivity index (χ4v) is 5.64. The molecule has 2 N–H and O–H groups in total. The predicted molar refractivity (Wildman–Crippen MR) is 165 cm³/mol. The van der Waals surface area contributed by atoms with Crippen molar-refractivity contribution in [1.82, 2.24) is 5.32 Å². The molecule has 0 amide bonds. The summed E-state index contributed by atoms with van der Waals surface area (Å²) < 4.78 is 0. The molecule has 7 rings (SSSR count). The van der Waals surface area contributed by atoms with E-state index in [-0.39, 0.29) is 0 Å². The first kappa shape index (κ1) is 22.9. The fourth-order valence-electron chi connectivity index (χ4n) is 5.64. The van der Waals surface area contributed by atoms with Gasteiger partial charge in [-0.1, -0.05) is 133 Å². The van der Waals surface area contributed by atoms with E-state index in [4.69, 9.17) is 0 Å². The largest absolute Gasteiger partial charge is 0.354 e. The van der Waals surface area contributed by atoms with Crippen molar-refractivity contribution in [1.29, 1.82) is 5.41 Å². The third-order valence-corrected chi connectivity index (χ3v) is 7.46. The summed E-state index contributed by atoms with van der Waals surface area (Å²) in [5.41, 5.74) is 8.63. The highest BCUT2D eigenvalue weighted by Crippen LogP contribution is 2.38. The van der Waals surface area contributed by atoms with E-state index in [0.29, 0.717) is 5.71 Å². The summed E-state index contributed by atoms with van der Waals surface area (Å²) in [5, 5.41) is 18.1. The Kier molecular flexibility index (Phi) is 5.64. The van der Waals surface area contributed by atoms with E-state index in [1.807, 2.05) is 24.3 Å². The third kappa shape index (κ3) is 4.03. The lowest BCUT2D eigenvalue weighted by Gasteiger charge is -2.26. The quantitative estimate of drug-likeness (QED) is 0.185. The van der Waals surface area contributed by atoms with Crippen LogP contribution in [0, 0.1) is 5.41 Å². The van der Waals surface area contributed by atoms with Crippen molar-refractivity contribution < 1.29 is 0 Å². The van der Waals surface area contributed by atoms with Crippen molar-refractivity contribution in [2.24, 2.45) is 0 Å². The molecule has 0 fully saturated rings. The van der Waals surface area contributed by atoms with Gasteiger partial charge in [0.1, 0.15) is 0 Å². The van der Waals surface area contributed by atoms with E-state index < -0.39 is 0 Å². The topological polar surface area (TPSA) is 35.9 Å². The molecule has 0 aromatic heterocycles. The summed E-state index contributed by atoms with van der Waals surface area (Å²) in [6.45, 7) is 0. The van der Waals surface area contributed by atoms with E-state index in [2.05, 4.69) is 127 Å². The molecule has 1 aliphatic rings. The zero-order chi connectivity index (χ0) is 26.2. The van der Waals surface area contributed by atoms with Gasteiger partial charge in [-0.05, 0) is 50.4 Å². The Bertz CT molecular complexity index is 1880. The number of fused-ring (bicyclic) bond motifs is 3. The van der Waals surface area contributed by atoms with Gasteiger partial charge in [-0.3, -0.25) is 5.41 Å². The Hall–Kier alpha value is -5.21. The van der Waals surface area contributed by atoms with Gasteiger partial charge in [0.25, 0.3) is 0 Å². The van der Waals surface area contributed by atoms with Gasteiger partial charge in [0, 0.05) is 22.4 Å². The number of allylic oxidation sites excluding steroid dienone is 1. The molecular formula is C37H26N2. The Morgan fingerprint density at radius 1 is 0.564 bits per heavy atom. The van der Waals surface area contributed by atoms with Crippen LogP contribution >= 0.6 is 0 Å².